The first-order chi connectivity index (χ1) is 13.8. The Kier molecular flexibility index (Phi) is 6.73. The zero-order valence-corrected chi connectivity index (χ0v) is 17.3. The number of benzene rings is 1. The minimum Gasteiger partial charge on any atom is -0.508 e. The highest BCUT2D eigenvalue weighted by Gasteiger charge is 2.32. The summed E-state index contributed by atoms with van der Waals surface area (Å²) in [7, 11) is 1.59. The second-order valence-electron chi connectivity index (χ2n) is 6.48. The largest absolute Gasteiger partial charge is 0.508 e. The van der Waals surface area contributed by atoms with E-state index < -0.39 is 6.10 Å². The van der Waals surface area contributed by atoms with Crippen LogP contribution >= 0.6 is 24.0 Å². The number of phenolic OH excluding ortho intramolecular Hbond substituents is 1. The van der Waals surface area contributed by atoms with Gasteiger partial charge in [-0.25, -0.2) is 0 Å². The molecular weight excluding hydrogens is 412 g/mol. The molecule has 7 nitrogen and oxygen atoms in total. The molecular formula is C20H20N2O5S2. The number of carbonyl (C=O) groups is 2. The predicted octanol–water partition coefficient (Wildman–Crippen LogP) is 2.77. The molecule has 0 aliphatic carbocycles. The fourth-order valence-electron chi connectivity index (χ4n) is 2.76. The summed E-state index contributed by atoms with van der Waals surface area (Å²) in [5.41, 5.74) is 0.599. The van der Waals surface area contributed by atoms with Gasteiger partial charge in [0.2, 0.25) is 5.91 Å². The number of rotatable bonds is 7. The predicted molar refractivity (Wildman–Crippen MR) is 114 cm³/mol. The third kappa shape index (κ3) is 5.26. The van der Waals surface area contributed by atoms with Gasteiger partial charge in [0.05, 0.1) is 23.8 Å². The van der Waals surface area contributed by atoms with Crippen LogP contribution in [0.3, 0.4) is 0 Å². The van der Waals surface area contributed by atoms with E-state index in [1.54, 1.807) is 37.4 Å². The van der Waals surface area contributed by atoms with Crippen LogP contribution in [0.25, 0.3) is 6.08 Å². The Morgan fingerprint density at radius 1 is 1.34 bits per heavy atom. The Morgan fingerprint density at radius 2 is 2.07 bits per heavy atom. The van der Waals surface area contributed by atoms with Gasteiger partial charge >= 0.3 is 0 Å². The monoisotopic (exact) mass is 432 g/mol. The molecule has 0 saturated carbocycles. The van der Waals surface area contributed by atoms with E-state index in [1.807, 2.05) is 0 Å². The molecule has 1 aromatic carbocycles. The number of hydrogen-bond donors (Lipinski definition) is 2. The van der Waals surface area contributed by atoms with Crippen molar-refractivity contribution in [3.8, 4) is 5.75 Å². The zero-order valence-electron chi connectivity index (χ0n) is 15.6. The Hall–Kier alpha value is -2.62. The highest BCUT2D eigenvalue weighted by atomic mass is 32.2. The lowest BCUT2D eigenvalue weighted by atomic mass is 10.1. The summed E-state index contributed by atoms with van der Waals surface area (Å²) in [5, 5.41) is 19.6. The topological polar surface area (TPSA) is 94.2 Å². The molecule has 0 bridgehead atoms. The van der Waals surface area contributed by atoms with Crippen LogP contribution in [0.5, 0.6) is 5.75 Å². The van der Waals surface area contributed by atoms with E-state index in [4.69, 9.17) is 16.6 Å². The van der Waals surface area contributed by atoms with Crippen LogP contribution in [0.1, 0.15) is 23.8 Å². The van der Waals surface area contributed by atoms with Gasteiger partial charge < -0.3 is 19.5 Å². The van der Waals surface area contributed by atoms with E-state index in [9.17, 15) is 19.8 Å². The van der Waals surface area contributed by atoms with Gasteiger partial charge in [-0.15, -0.1) is 0 Å². The van der Waals surface area contributed by atoms with Crippen LogP contribution in [-0.2, 0) is 9.59 Å². The Bertz CT molecular complexity index is 925. The van der Waals surface area contributed by atoms with Crippen molar-refractivity contribution in [2.24, 2.45) is 0 Å². The molecule has 1 aliphatic rings. The van der Waals surface area contributed by atoms with Crippen LogP contribution in [0.2, 0.25) is 0 Å². The van der Waals surface area contributed by atoms with Crippen molar-refractivity contribution in [3.63, 3.8) is 0 Å². The fraction of sp³-hybridized carbons (Fsp3) is 0.250. The molecule has 2 aromatic rings. The number of thiocarbonyl (C=S) groups is 1. The van der Waals surface area contributed by atoms with Crippen molar-refractivity contribution >= 4 is 46.2 Å². The average molecular weight is 433 g/mol. The number of amides is 2. The number of aromatic hydroxyl groups is 1. The minimum atomic E-state index is -0.877. The Balaban J connectivity index is 1.53. The molecule has 0 spiro atoms. The molecule has 1 aliphatic heterocycles. The maximum atomic E-state index is 12.5. The maximum Gasteiger partial charge on any atom is 0.266 e. The summed E-state index contributed by atoms with van der Waals surface area (Å²) in [6.45, 7) is 0.263. The van der Waals surface area contributed by atoms with Crippen molar-refractivity contribution in [1.82, 2.24) is 9.80 Å². The maximum absolute atomic E-state index is 12.5. The van der Waals surface area contributed by atoms with Crippen molar-refractivity contribution in [1.29, 1.82) is 0 Å². The summed E-state index contributed by atoms with van der Waals surface area (Å²) < 4.78 is 5.62. The lowest BCUT2D eigenvalue weighted by molar-refractivity contribution is -0.131. The van der Waals surface area contributed by atoms with E-state index in [2.05, 4.69) is 0 Å². The number of likely N-dealkylation sites (N-methyl/N-ethyl adjacent to an activating group) is 1. The number of aliphatic hydroxyl groups is 1. The molecule has 2 N–H and O–H groups in total. The minimum absolute atomic E-state index is 0.0826. The molecule has 1 fully saturated rings. The summed E-state index contributed by atoms with van der Waals surface area (Å²) >= 11 is 6.44. The van der Waals surface area contributed by atoms with Gasteiger partial charge in [-0.05, 0) is 29.8 Å². The van der Waals surface area contributed by atoms with Gasteiger partial charge in [0, 0.05) is 26.1 Å². The number of nitrogens with zero attached hydrogens (tertiary/aromatic N) is 2. The van der Waals surface area contributed by atoms with Gasteiger partial charge in [0.25, 0.3) is 5.91 Å². The molecule has 0 unspecified atom stereocenters. The van der Waals surface area contributed by atoms with Crippen molar-refractivity contribution < 1.29 is 24.2 Å². The second-order valence-corrected chi connectivity index (χ2v) is 8.16. The number of furan rings is 1. The molecule has 152 valence electrons. The van der Waals surface area contributed by atoms with E-state index in [-0.39, 0.29) is 37.1 Å². The third-order valence-corrected chi connectivity index (χ3v) is 5.77. The first-order valence-electron chi connectivity index (χ1n) is 8.85. The molecule has 1 saturated heterocycles. The van der Waals surface area contributed by atoms with Gasteiger partial charge in [-0.2, -0.15) is 0 Å². The first kappa shape index (κ1) is 21.1. The summed E-state index contributed by atoms with van der Waals surface area (Å²) in [6.07, 6.45) is 2.35. The van der Waals surface area contributed by atoms with Crippen molar-refractivity contribution in [2.45, 2.75) is 12.5 Å². The number of hydrogen-bond acceptors (Lipinski definition) is 7. The van der Waals surface area contributed by atoms with Crippen LogP contribution in [0, 0.1) is 0 Å². The van der Waals surface area contributed by atoms with Gasteiger partial charge in [0.1, 0.15) is 15.8 Å². The van der Waals surface area contributed by atoms with E-state index in [0.29, 0.717) is 20.5 Å². The molecule has 9 heteroatoms. The molecule has 29 heavy (non-hydrogen) atoms. The van der Waals surface area contributed by atoms with Crippen LogP contribution in [0.4, 0.5) is 0 Å². The zero-order chi connectivity index (χ0) is 21.0. The lowest BCUT2D eigenvalue weighted by Gasteiger charge is -2.22. The summed E-state index contributed by atoms with van der Waals surface area (Å²) in [5.74, 6) is 0.197. The van der Waals surface area contributed by atoms with Crippen LogP contribution in [0.15, 0.2) is 52.0 Å². The van der Waals surface area contributed by atoms with Crippen molar-refractivity contribution in [3.05, 3.63) is 58.9 Å². The molecule has 0 radical (unpaired) electrons. The number of carbonyl (C=O) groups excluding carboxylic acids is 2. The standard InChI is InChI=1S/C20H20N2O5S2/c1-21(12-16(24)13-4-6-14(23)7-5-13)18(25)8-9-22-19(26)17(29-20(22)28)11-15-3-2-10-27-15/h2-7,10-11,16,23-24H,8-9,12H2,1H3/b17-11+/t16-/m0/s1. The smallest absolute Gasteiger partial charge is 0.266 e. The number of thioether (sulfide) groups is 1. The average Bonchev–Trinajstić information content (AvgIpc) is 3.29. The number of phenols is 1. The molecule has 3 rings (SSSR count). The Labute approximate surface area is 177 Å². The molecule has 2 amide bonds. The summed E-state index contributed by atoms with van der Waals surface area (Å²) in [4.78, 5) is 28.2. The van der Waals surface area contributed by atoms with Gasteiger partial charge in [-0.1, -0.05) is 36.1 Å². The van der Waals surface area contributed by atoms with E-state index in [1.165, 1.54) is 40.0 Å². The fourth-order valence-corrected chi connectivity index (χ4v) is 4.05. The van der Waals surface area contributed by atoms with Crippen molar-refractivity contribution in [2.75, 3.05) is 20.1 Å². The van der Waals surface area contributed by atoms with Gasteiger partial charge in [0.15, 0.2) is 0 Å². The first-order valence-corrected chi connectivity index (χ1v) is 10.1. The molecule has 1 aromatic heterocycles. The normalized spacial score (nSPS) is 16.5. The quantitative estimate of drug-likeness (QED) is 0.513. The molecule has 2 heterocycles. The van der Waals surface area contributed by atoms with Crippen LogP contribution in [-0.4, -0.2) is 56.3 Å². The van der Waals surface area contributed by atoms with Crippen LogP contribution < -0.4 is 0 Å². The van der Waals surface area contributed by atoms with E-state index >= 15 is 0 Å². The second kappa shape index (κ2) is 9.25. The SMILES string of the molecule is CN(C[C@H](O)c1ccc(O)cc1)C(=O)CCN1C(=O)/C(=C\c2ccco2)SC1=S. The van der Waals surface area contributed by atoms with E-state index in [0.717, 1.165) is 0 Å². The highest BCUT2D eigenvalue weighted by Crippen LogP contribution is 2.32. The highest BCUT2D eigenvalue weighted by molar-refractivity contribution is 8.26. The number of aliphatic hydroxyl groups excluding tert-OH is 1. The third-order valence-electron chi connectivity index (χ3n) is 4.39. The summed E-state index contributed by atoms with van der Waals surface area (Å²) in [6, 6.07) is 9.63. The Morgan fingerprint density at radius 3 is 2.72 bits per heavy atom. The lowest BCUT2D eigenvalue weighted by Crippen LogP contribution is -2.36. The van der Waals surface area contributed by atoms with Gasteiger partial charge in [-0.3, -0.25) is 14.5 Å². The molecule has 1 atom stereocenters.